The van der Waals surface area contributed by atoms with Gasteiger partial charge in [0.05, 0.1) is 0 Å². The number of carbonyl (C=O) groups is 2. The van der Waals surface area contributed by atoms with E-state index in [0.29, 0.717) is 16.9 Å². The number of amides is 1. The van der Waals surface area contributed by atoms with Crippen molar-refractivity contribution in [2.75, 3.05) is 5.32 Å². The van der Waals surface area contributed by atoms with E-state index in [-0.39, 0.29) is 12.8 Å². The quantitative estimate of drug-likeness (QED) is 0.747. The first-order valence-corrected chi connectivity index (χ1v) is 7.99. The van der Waals surface area contributed by atoms with Gasteiger partial charge < -0.3 is 15.8 Å². The van der Waals surface area contributed by atoms with Crippen LogP contribution in [0.4, 0.5) is 24.8 Å². The van der Waals surface area contributed by atoms with E-state index >= 15 is 0 Å². The van der Waals surface area contributed by atoms with Crippen LogP contribution in [0.25, 0.3) is 0 Å². The largest absolute Gasteiger partial charge is 0.445 e. The Morgan fingerprint density at radius 3 is 2.56 bits per heavy atom. The highest BCUT2D eigenvalue weighted by Gasteiger charge is 2.53. The second kappa shape index (κ2) is 6.69. The maximum absolute atomic E-state index is 13.4. The fraction of sp³-hybridized carbons (Fsp3) is 0.250. The van der Waals surface area contributed by atoms with Crippen molar-refractivity contribution in [2.45, 2.75) is 24.6 Å². The normalized spacial score (nSPS) is 15.1. The summed E-state index contributed by atoms with van der Waals surface area (Å²) in [5, 5.41) is 2.93. The average molecular weight is 401 g/mol. The maximum atomic E-state index is 13.4. The number of halogens is 4. The molecule has 0 bridgehead atoms. The molecule has 1 amide bonds. The fourth-order valence-electron chi connectivity index (χ4n) is 2.25. The summed E-state index contributed by atoms with van der Waals surface area (Å²) in [6.07, 6.45) is -3.96. The molecule has 0 atom stereocenters. The Hall–Kier alpha value is -2.88. The fourth-order valence-corrected chi connectivity index (χ4v) is 2.44. The van der Waals surface area contributed by atoms with E-state index in [2.05, 4.69) is 15.3 Å². The van der Waals surface area contributed by atoms with E-state index in [1.54, 1.807) is 18.2 Å². The van der Waals surface area contributed by atoms with E-state index in [1.807, 2.05) is 0 Å². The second-order valence-electron chi connectivity index (χ2n) is 5.84. The number of esters is 1. The van der Waals surface area contributed by atoms with Gasteiger partial charge in [-0.05, 0) is 18.2 Å². The van der Waals surface area contributed by atoms with Crippen LogP contribution < -0.4 is 11.1 Å². The van der Waals surface area contributed by atoms with E-state index in [9.17, 15) is 22.8 Å². The first kappa shape index (κ1) is 18.9. The Bertz CT molecular complexity index is 916. The highest BCUT2D eigenvalue weighted by atomic mass is 35.5. The summed E-state index contributed by atoms with van der Waals surface area (Å²) in [5.74, 6) is -2.67. The third-order valence-corrected chi connectivity index (χ3v) is 4.03. The molecule has 142 valence electrons. The molecule has 11 heteroatoms. The molecule has 1 aromatic carbocycles. The van der Waals surface area contributed by atoms with Crippen molar-refractivity contribution in [3.05, 3.63) is 46.7 Å². The van der Waals surface area contributed by atoms with E-state index in [0.717, 1.165) is 0 Å². The zero-order valence-corrected chi connectivity index (χ0v) is 14.3. The Morgan fingerprint density at radius 1 is 1.30 bits per heavy atom. The van der Waals surface area contributed by atoms with Crippen molar-refractivity contribution in [3.8, 4) is 0 Å². The number of primary amides is 1. The lowest BCUT2D eigenvalue weighted by molar-refractivity contribution is -0.141. The van der Waals surface area contributed by atoms with Crippen LogP contribution >= 0.6 is 11.6 Å². The standard InChI is InChI=1S/C16H12ClF3N4O3/c17-8-2-1-3-9(6-8)23-14-22-7-10(11(24-14)16(18,19)20)12(25)27-15(4-5-15)13(21)26/h1-3,6-7H,4-5H2,(H2,21,26)(H,22,23,24). The number of rotatable bonds is 5. The van der Waals surface area contributed by atoms with Gasteiger partial charge in [0.15, 0.2) is 11.3 Å². The number of ether oxygens (including phenoxy) is 1. The highest BCUT2D eigenvalue weighted by molar-refractivity contribution is 6.30. The number of carbonyl (C=O) groups excluding carboxylic acids is 2. The molecule has 3 N–H and O–H groups in total. The minimum atomic E-state index is -4.95. The van der Waals surface area contributed by atoms with Crippen LogP contribution in [0.3, 0.4) is 0 Å². The highest BCUT2D eigenvalue weighted by Crippen LogP contribution is 2.41. The summed E-state index contributed by atoms with van der Waals surface area (Å²) in [6.45, 7) is 0. The first-order chi connectivity index (χ1) is 12.6. The van der Waals surface area contributed by atoms with Crippen LogP contribution in [0.2, 0.25) is 5.02 Å². The summed E-state index contributed by atoms with van der Waals surface area (Å²) in [5.41, 5.74) is 1.51. The number of aromatic nitrogens is 2. The van der Waals surface area contributed by atoms with Crippen LogP contribution in [0.5, 0.6) is 0 Å². The summed E-state index contributed by atoms with van der Waals surface area (Å²) in [4.78, 5) is 30.5. The molecule has 0 unspecified atom stereocenters. The molecule has 27 heavy (non-hydrogen) atoms. The van der Waals surface area contributed by atoms with Crippen molar-refractivity contribution < 1.29 is 27.5 Å². The Morgan fingerprint density at radius 2 is 2.00 bits per heavy atom. The summed E-state index contributed by atoms with van der Waals surface area (Å²) >= 11 is 5.81. The molecule has 3 rings (SSSR count). The van der Waals surface area contributed by atoms with Crippen molar-refractivity contribution >= 4 is 35.1 Å². The molecule has 7 nitrogen and oxygen atoms in total. The van der Waals surface area contributed by atoms with Gasteiger partial charge in [-0.1, -0.05) is 17.7 Å². The van der Waals surface area contributed by atoms with Crippen molar-refractivity contribution in [1.82, 2.24) is 9.97 Å². The van der Waals surface area contributed by atoms with Gasteiger partial charge in [0.25, 0.3) is 5.91 Å². The number of alkyl halides is 3. The molecular formula is C16H12ClF3N4O3. The van der Waals surface area contributed by atoms with Gasteiger partial charge >= 0.3 is 12.1 Å². The number of nitrogens with one attached hydrogen (secondary N) is 1. The molecule has 1 aromatic heterocycles. The number of hydrogen-bond acceptors (Lipinski definition) is 6. The lowest BCUT2D eigenvalue weighted by atomic mass is 10.2. The average Bonchev–Trinajstić information content (AvgIpc) is 3.35. The molecule has 2 aromatic rings. The Balaban J connectivity index is 1.91. The minimum absolute atomic E-state index is 0.157. The molecule has 1 heterocycles. The minimum Gasteiger partial charge on any atom is -0.445 e. The van der Waals surface area contributed by atoms with Gasteiger partial charge in [-0.3, -0.25) is 4.79 Å². The van der Waals surface area contributed by atoms with E-state index in [1.165, 1.54) is 6.07 Å². The number of hydrogen-bond donors (Lipinski definition) is 2. The van der Waals surface area contributed by atoms with Gasteiger partial charge in [0.2, 0.25) is 5.95 Å². The van der Waals surface area contributed by atoms with E-state index in [4.69, 9.17) is 22.1 Å². The first-order valence-electron chi connectivity index (χ1n) is 7.61. The monoisotopic (exact) mass is 400 g/mol. The number of nitrogens with two attached hydrogens (primary N) is 1. The smallest absolute Gasteiger partial charge is 0.434 e. The van der Waals surface area contributed by atoms with E-state index < -0.39 is 40.9 Å². The Kier molecular flexibility index (Phi) is 4.68. The second-order valence-corrected chi connectivity index (χ2v) is 6.27. The lowest BCUT2D eigenvalue weighted by Crippen LogP contribution is -2.35. The van der Waals surface area contributed by atoms with Crippen molar-refractivity contribution in [1.29, 1.82) is 0 Å². The zero-order valence-electron chi connectivity index (χ0n) is 13.5. The third kappa shape index (κ3) is 4.11. The summed E-state index contributed by atoms with van der Waals surface area (Å²) < 4.78 is 45.0. The number of benzene rings is 1. The molecule has 0 saturated heterocycles. The van der Waals surface area contributed by atoms with Crippen molar-refractivity contribution in [3.63, 3.8) is 0 Å². The topological polar surface area (TPSA) is 107 Å². The predicted molar refractivity (Wildman–Crippen MR) is 88.3 cm³/mol. The van der Waals surface area contributed by atoms with Crippen LogP contribution in [0, 0.1) is 0 Å². The van der Waals surface area contributed by atoms with Gasteiger partial charge in [-0.25, -0.2) is 14.8 Å². The molecule has 1 saturated carbocycles. The predicted octanol–water partition coefficient (Wildman–Crippen LogP) is 3.07. The summed E-state index contributed by atoms with van der Waals surface area (Å²) in [6, 6.07) is 6.18. The zero-order chi connectivity index (χ0) is 19.8. The van der Waals surface area contributed by atoms with Gasteiger partial charge in [0, 0.05) is 29.7 Å². The molecular weight excluding hydrogens is 389 g/mol. The Labute approximate surface area is 155 Å². The molecule has 0 aliphatic heterocycles. The summed E-state index contributed by atoms with van der Waals surface area (Å²) in [7, 11) is 0. The van der Waals surface area contributed by atoms with Gasteiger partial charge in [-0.2, -0.15) is 13.2 Å². The van der Waals surface area contributed by atoms with Gasteiger partial charge in [0.1, 0.15) is 5.56 Å². The molecule has 1 aliphatic rings. The number of anilines is 2. The van der Waals surface area contributed by atoms with Crippen LogP contribution in [-0.2, 0) is 15.7 Å². The SMILES string of the molecule is NC(=O)C1(OC(=O)c2cnc(Nc3cccc(Cl)c3)nc2C(F)(F)F)CC1. The number of nitrogens with zero attached hydrogens (tertiary/aromatic N) is 2. The van der Waals surface area contributed by atoms with Crippen LogP contribution in [0.1, 0.15) is 28.9 Å². The molecule has 1 fully saturated rings. The van der Waals surface area contributed by atoms with Crippen molar-refractivity contribution in [2.24, 2.45) is 5.73 Å². The lowest BCUT2D eigenvalue weighted by Gasteiger charge is -2.16. The van der Waals surface area contributed by atoms with Crippen LogP contribution in [-0.4, -0.2) is 27.4 Å². The molecule has 1 aliphatic carbocycles. The molecule has 0 spiro atoms. The van der Waals surface area contributed by atoms with Gasteiger partial charge in [-0.15, -0.1) is 0 Å². The maximum Gasteiger partial charge on any atom is 0.434 e. The molecule has 0 radical (unpaired) electrons. The third-order valence-electron chi connectivity index (χ3n) is 3.80. The van der Waals surface area contributed by atoms with Crippen LogP contribution in [0.15, 0.2) is 30.5 Å².